The van der Waals surface area contributed by atoms with Gasteiger partial charge in [0.25, 0.3) is 0 Å². The zero-order chi connectivity index (χ0) is 20.7. The van der Waals surface area contributed by atoms with E-state index in [4.69, 9.17) is 16.3 Å². The normalized spacial score (nSPS) is 16.7. The molecule has 0 unspecified atom stereocenters. The summed E-state index contributed by atoms with van der Waals surface area (Å²) in [6.45, 7) is 6.87. The summed E-state index contributed by atoms with van der Waals surface area (Å²) in [5.41, 5.74) is 1.66. The van der Waals surface area contributed by atoms with Gasteiger partial charge >= 0.3 is 0 Å². The first-order valence-electron chi connectivity index (χ1n) is 10.3. The highest BCUT2D eigenvalue weighted by Gasteiger charge is 2.32. The molecule has 4 nitrogen and oxygen atoms in total. The van der Waals surface area contributed by atoms with Crippen LogP contribution < -0.4 is 10.1 Å². The fourth-order valence-corrected chi connectivity index (χ4v) is 4.13. The highest BCUT2D eigenvalue weighted by atomic mass is 79.9. The van der Waals surface area contributed by atoms with E-state index in [1.807, 2.05) is 36.4 Å². The van der Waals surface area contributed by atoms with Crippen LogP contribution in [-0.2, 0) is 13.2 Å². The smallest absolute Gasteiger partial charge is 0.124 e. The molecule has 0 aliphatic carbocycles. The molecule has 1 aliphatic rings. The molecule has 29 heavy (non-hydrogen) atoms. The van der Waals surface area contributed by atoms with Gasteiger partial charge < -0.3 is 15.2 Å². The van der Waals surface area contributed by atoms with Crippen molar-refractivity contribution in [2.45, 2.75) is 44.9 Å². The minimum atomic E-state index is -0.586. The van der Waals surface area contributed by atoms with Gasteiger partial charge in [-0.05, 0) is 61.7 Å². The van der Waals surface area contributed by atoms with Crippen molar-refractivity contribution in [1.29, 1.82) is 0 Å². The second-order valence-electron chi connectivity index (χ2n) is 7.84. The number of aliphatic hydroxyl groups is 1. The SMILES string of the molecule is CCCNCC1(O)CCN(Cc2cc(Br)ccc2OCc2ccc(Cl)cc2)CC1. The maximum Gasteiger partial charge on any atom is 0.124 e. The molecular formula is C23H30BrClN2O2. The van der Waals surface area contributed by atoms with E-state index >= 15 is 0 Å². The number of hydrogen-bond donors (Lipinski definition) is 2. The maximum atomic E-state index is 10.8. The second kappa shape index (κ2) is 10.8. The number of nitrogens with zero attached hydrogens (tertiary/aromatic N) is 1. The molecule has 1 saturated heterocycles. The Labute approximate surface area is 187 Å². The van der Waals surface area contributed by atoms with Crippen molar-refractivity contribution in [3.63, 3.8) is 0 Å². The lowest BCUT2D eigenvalue weighted by Gasteiger charge is -2.38. The van der Waals surface area contributed by atoms with Gasteiger partial charge in [-0.2, -0.15) is 0 Å². The van der Waals surface area contributed by atoms with E-state index in [1.165, 1.54) is 0 Å². The lowest BCUT2D eigenvalue weighted by molar-refractivity contribution is -0.0216. The van der Waals surface area contributed by atoms with E-state index in [9.17, 15) is 5.11 Å². The van der Waals surface area contributed by atoms with Crippen molar-refractivity contribution in [2.24, 2.45) is 0 Å². The minimum absolute atomic E-state index is 0.509. The van der Waals surface area contributed by atoms with E-state index < -0.39 is 5.60 Å². The molecule has 1 fully saturated rings. The first kappa shape index (κ1) is 22.6. The third-order valence-corrected chi connectivity index (χ3v) is 6.14. The summed E-state index contributed by atoms with van der Waals surface area (Å²) in [7, 11) is 0. The fourth-order valence-electron chi connectivity index (χ4n) is 3.60. The van der Waals surface area contributed by atoms with E-state index in [-0.39, 0.29) is 0 Å². The van der Waals surface area contributed by atoms with Crippen LogP contribution in [0.25, 0.3) is 0 Å². The first-order valence-corrected chi connectivity index (χ1v) is 11.5. The average Bonchev–Trinajstić information content (AvgIpc) is 2.71. The zero-order valence-corrected chi connectivity index (χ0v) is 19.3. The van der Waals surface area contributed by atoms with Gasteiger partial charge in [0.05, 0.1) is 5.60 Å². The number of piperidine rings is 1. The Bertz CT molecular complexity index is 777. The van der Waals surface area contributed by atoms with Gasteiger partial charge in [-0.25, -0.2) is 0 Å². The third kappa shape index (κ3) is 6.97. The topological polar surface area (TPSA) is 44.7 Å². The Kier molecular flexibility index (Phi) is 8.39. The summed E-state index contributed by atoms with van der Waals surface area (Å²) in [5.74, 6) is 0.897. The predicted octanol–water partition coefficient (Wildman–Crippen LogP) is 5.01. The van der Waals surface area contributed by atoms with Crippen molar-refractivity contribution in [1.82, 2.24) is 10.2 Å². The molecular weight excluding hydrogens is 452 g/mol. The number of ether oxygens (including phenoxy) is 1. The molecule has 3 rings (SSSR count). The average molecular weight is 482 g/mol. The maximum absolute atomic E-state index is 10.8. The number of hydrogen-bond acceptors (Lipinski definition) is 4. The Morgan fingerprint density at radius 3 is 2.59 bits per heavy atom. The molecule has 158 valence electrons. The van der Waals surface area contributed by atoms with E-state index in [1.54, 1.807) is 0 Å². The number of halogens is 2. The Morgan fingerprint density at radius 1 is 1.17 bits per heavy atom. The quantitative estimate of drug-likeness (QED) is 0.494. The number of benzene rings is 2. The van der Waals surface area contributed by atoms with Gasteiger partial charge in [-0.3, -0.25) is 4.90 Å². The van der Waals surface area contributed by atoms with Gasteiger partial charge in [0.15, 0.2) is 0 Å². The van der Waals surface area contributed by atoms with Crippen molar-refractivity contribution in [2.75, 3.05) is 26.2 Å². The molecule has 2 aromatic rings. The van der Waals surface area contributed by atoms with Gasteiger partial charge in [-0.1, -0.05) is 46.6 Å². The van der Waals surface area contributed by atoms with Crippen molar-refractivity contribution in [3.05, 3.63) is 63.1 Å². The molecule has 0 aromatic heterocycles. The second-order valence-corrected chi connectivity index (χ2v) is 9.20. The van der Waals surface area contributed by atoms with Crippen molar-refractivity contribution in [3.8, 4) is 5.75 Å². The highest BCUT2D eigenvalue weighted by Crippen LogP contribution is 2.28. The molecule has 6 heteroatoms. The van der Waals surface area contributed by atoms with Crippen molar-refractivity contribution >= 4 is 27.5 Å². The molecule has 0 bridgehead atoms. The van der Waals surface area contributed by atoms with Crippen LogP contribution in [0.5, 0.6) is 5.75 Å². The lowest BCUT2D eigenvalue weighted by atomic mass is 9.91. The Balaban J connectivity index is 1.58. The standard InChI is InChI=1S/C23H30BrClN2O2/c1-2-11-26-17-23(28)9-12-27(13-10-23)15-19-14-20(24)5-8-22(19)29-16-18-3-6-21(25)7-4-18/h3-8,14,26,28H,2,9-13,15-17H2,1H3. The lowest BCUT2D eigenvalue weighted by Crippen LogP contribution is -2.49. The minimum Gasteiger partial charge on any atom is -0.489 e. The van der Waals surface area contributed by atoms with Crippen LogP contribution in [0.15, 0.2) is 46.9 Å². The Morgan fingerprint density at radius 2 is 1.90 bits per heavy atom. The van der Waals surface area contributed by atoms with Crippen LogP contribution >= 0.6 is 27.5 Å². The number of nitrogens with one attached hydrogen (secondary N) is 1. The van der Waals surface area contributed by atoms with Crippen LogP contribution in [0.1, 0.15) is 37.3 Å². The molecule has 0 spiro atoms. The van der Waals surface area contributed by atoms with E-state index in [0.717, 1.165) is 71.8 Å². The summed E-state index contributed by atoms with van der Waals surface area (Å²) in [6.07, 6.45) is 2.67. The molecule has 0 atom stereocenters. The third-order valence-electron chi connectivity index (χ3n) is 5.39. The van der Waals surface area contributed by atoms with Crippen LogP contribution in [0.4, 0.5) is 0 Å². The predicted molar refractivity (Wildman–Crippen MR) is 123 cm³/mol. The van der Waals surface area contributed by atoms with Crippen LogP contribution in [0.3, 0.4) is 0 Å². The summed E-state index contributed by atoms with van der Waals surface area (Å²) >= 11 is 9.54. The van der Waals surface area contributed by atoms with Crippen LogP contribution in [-0.4, -0.2) is 41.8 Å². The van der Waals surface area contributed by atoms with E-state index in [2.05, 4.69) is 39.1 Å². The molecule has 0 saturated carbocycles. The summed E-state index contributed by atoms with van der Waals surface area (Å²) in [5, 5.41) is 14.9. The van der Waals surface area contributed by atoms with Crippen LogP contribution in [0, 0.1) is 0 Å². The van der Waals surface area contributed by atoms with Gasteiger partial charge in [0.1, 0.15) is 12.4 Å². The van der Waals surface area contributed by atoms with E-state index in [0.29, 0.717) is 13.2 Å². The molecule has 2 aromatic carbocycles. The highest BCUT2D eigenvalue weighted by molar-refractivity contribution is 9.10. The molecule has 1 heterocycles. The molecule has 0 amide bonds. The molecule has 2 N–H and O–H groups in total. The monoisotopic (exact) mass is 480 g/mol. The number of likely N-dealkylation sites (tertiary alicyclic amines) is 1. The Hall–Kier alpha value is -1.11. The van der Waals surface area contributed by atoms with Crippen molar-refractivity contribution < 1.29 is 9.84 Å². The fraction of sp³-hybridized carbons (Fsp3) is 0.478. The summed E-state index contributed by atoms with van der Waals surface area (Å²) < 4.78 is 7.16. The summed E-state index contributed by atoms with van der Waals surface area (Å²) in [6, 6.07) is 13.9. The van der Waals surface area contributed by atoms with Gasteiger partial charge in [-0.15, -0.1) is 0 Å². The zero-order valence-electron chi connectivity index (χ0n) is 17.0. The van der Waals surface area contributed by atoms with Gasteiger partial charge in [0.2, 0.25) is 0 Å². The number of rotatable bonds is 9. The van der Waals surface area contributed by atoms with Gasteiger partial charge in [0, 0.05) is 41.2 Å². The summed E-state index contributed by atoms with van der Waals surface area (Å²) in [4.78, 5) is 2.39. The van der Waals surface area contributed by atoms with Crippen LogP contribution in [0.2, 0.25) is 5.02 Å². The first-order chi connectivity index (χ1) is 14.0. The largest absolute Gasteiger partial charge is 0.489 e. The molecule has 1 aliphatic heterocycles. The molecule has 0 radical (unpaired) electrons.